The average Bonchev–Trinajstić information content (AvgIpc) is 3.40. The Morgan fingerprint density at radius 2 is 1.65 bits per heavy atom. The lowest BCUT2D eigenvalue weighted by atomic mass is 9.94. The summed E-state index contributed by atoms with van der Waals surface area (Å²) in [6.07, 6.45) is -0.0889. The largest absolute Gasteiger partial charge is 0.460 e. The number of hydrogen-bond donors (Lipinski definition) is 1. The van der Waals surface area contributed by atoms with Gasteiger partial charge >= 0.3 is 5.97 Å². The monoisotopic (exact) mass is 659 g/mol. The van der Waals surface area contributed by atoms with Crippen molar-refractivity contribution in [1.29, 1.82) is 0 Å². The van der Waals surface area contributed by atoms with Gasteiger partial charge in [0.15, 0.2) is 5.79 Å². The van der Waals surface area contributed by atoms with Crippen molar-refractivity contribution in [3.8, 4) is 22.4 Å². The molecule has 8 heteroatoms. The maximum Gasteiger partial charge on any atom is 0.308 e. The molecule has 48 heavy (non-hydrogen) atoms. The van der Waals surface area contributed by atoms with Crippen LogP contribution in [0.3, 0.4) is 0 Å². The second kappa shape index (κ2) is 14.5. The fraction of sp³-hybridized carbons (Fsp3) is 0.400. The average molecular weight is 660 g/mol. The molecule has 1 amide bonds. The summed E-state index contributed by atoms with van der Waals surface area (Å²) in [5.74, 6) is -2.74. The number of para-hydroxylation sites is 1. The Morgan fingerprint density at radius 3 is 2.27 bits per heavy atom. The van der Waals surface area contributed by atoms with Crippen LogP contribution in [0.2, 0.25) is 0 Å². The number of hydrogen-bond acceptors (Lipinski definition) is 5. The third-order valence-corrected chi connectivity index (χ3v) is 7.89. The predicted octanol–water partition coefficient (Wildman–Crippen LogP) is 9.37. The highest BCUT2D eigenvalue weighted by molar-refractivity contribution is 6.12. The van der Waals surface area contributed by atoms with Crippen molar-refractivity contribution >= 4 is 17.6 Å². The van der Waals surface area contributed by atoms with E-state index in [1.54, 1.807) is 71.0 Å². The van der Waals surface area contributed by atoms with Gasteiger partial charge in [0, 0.05) is 29.9 Å². The fourth-order valence-corrected chi connectivity index (χ4v) is 6.30. The zero-order valence-electron chi connectivity index (χ0n) is 33.6. The van der Waals surface area contributed by atoms with Gasteiger partial charge in [-0.15, -0.1) is 0 Å². The molecule has 254 valence electrons. The van der Waals surface area contributed by atoms with E-state index in [-0.39, 0.29) is 41.5 Å². The molecule has 0 unspecified atom stereocenters. The first-order valence-corrected chi connectivity index (χ1v) is 16.3. The molecule has 4 aromatic rings. The highest BCUT2D eigenvalue weighted by atomic mass is 19.1. The van der Waals surface area contributed by atoms with Crippen LogP contribution in [0.15, 0.2) is 84.8 Å². The number of ether oxygens (including phenoxy) is 3. The Bertz CT molecular complexity index is 1960. The van der Waals surface area contributed by atoms with E-state index in [0.717, 1.165) is 0 Å². The Labute approximate surface area is 290 Å². The molecule has 2 atom stereocenters. The van der Waals surface area contributed by atoms with Crippen LogP contribution in [0, 0.1) is 5.82 Å². The number of esters is 1. The molecule has 5 rings (SSSR count). The van der Waals surface area contributed by atoms with E-state index in [1.807, 2.05) is 24.5 Å². The quantitative estimate of drug-likeness (QED) is 0.172. The molecule has 0 aliphatic carbocycles. The number of amides is 1. The van der Waals surface area contributed by atoms with E-state index < -0.39 is 65.5 Å². The first kappa shape index (κ1) is 28.7. The van der Waals surface area contributed by atoms with Crippen LogP contribution in [0.25, 0.3) is 22.4 Å². The lowest BCUT2D eigenvalue weighted by Crippen LogP contribution is -2.46. The first-order valence-electron chi connectivity index (χ1n) is 18.8. The van der Waals surface area contributed by atoms with E-state index in [0.29, 0.717) is 35.5 Å². The number of carbonyl (C=O) groups excluding carboxylic acids is 2. The van der Waals surface area contributed by atoms with Crippen molar-refractivity contribution in [2.24, 2.45) is 0 Å². The van der Waals surface area contributed by atoms with Gasteiger partial charge in [-0.1, -0.05) is 62.3 Å². The summed E-state index contributed by atoms with van der Waals surface area (Å²) in [5, 5.41) is 2.95. The van der Waals surface area contributed by atoms with Gasteiger partial charge in [0.1, 0.15) is 11.4 Å². The topological polar surface area (TPSA) is 78.8 Å². The number of anilines is 1. The molecular formula is C40H47FN2O5. The van der Waals surface area contributed by atoms with Crippen LogP contribution in [0.4, 0.5) is 10.1 Å². The number of halogens is 1. The maximum absolute atomic E-state index is 14.6. The van der Waals surface area contributed by atoms with Gasteiger partial charge < -0.3 is 24.1 Å². The predicted molar refractivity (Wildman–Crippen MR) is 187 cm³/mol. The van der Waals surface area contributed by atoms with Gasteiger partial charge in [-0.2, -0.15) is 0 Å². The van der Waals surface area contributed by atoms with E-state index in [1.165, 1.54) is 12.1 Å². The number of nitrogens with one attached hydrogen (secondary N) is 1. The molecule has 7 nitrogen and oxygen atoms in total. The normalized spacial score (nSPS) is 19.1. The van der Waals surface area contributed by atoms with Gasteiger partial charge in [-0.05, 0) is 94.5 Å². The van der Waals surface area contributed by atoms with Gasteiger partial charge in [0.05, 0.1) is 36.7 Å². The Kier molecular flexibility index (Phi) is 8.65. The van der Waals surface area contributed by atoms with Crippen LogP contribution in [-0.4, -0.2) is 40.0 Å². The lowest BCUT2D eigenvalue weighted by molar-refractivity contribution is -0.301. The first-order chi connectivity index (χ1) is 24.8. The maximum atomic E-state index is 14.6. The van der Waals surface area contributed by atoms with Crippen LogP contribution in [0.5, 0.6) is 0 Å². The second-order valence-corrected chi connectivity index (χ2v) is 13.8. The number of nitrogens with zero attached hydrogens (tertiary/aromatic N) is 1. The van der Waals surface area contributed by atoms with Crippen molar-refractivity contribution < 1.29 is 35.0 Å². The highest BCUT2D eigenvalue weighted by Gasteiger charge is 2.38. The molecule has 0 radical (unpaired) electrons. The summed E-state index contributed by atoms with van der Waals surface area (Å²) in [4.78, 5) is 27.3. The van der Waals surface area contributed by atoms with Gasteiger partial charge in [-0.3, -0.25) is 9.59 Å². The standard InChI is InChI=1S/C40H47FN2O5/c1-26(2)36-35(38(45)42-30-16-12-9-13-17-30)34(27-14-10-8-11-15-27)37(28-18-20-29(41)21-19-28)43(36)23-22-31-24-32(47-40(6,7)46-31)25-33(44)48-39(3,4)5/h8-21,26,31-32H,22-25H2,1-7H3,(H,42,45)/t31-,32-/m1/s1/i8D,10D,11D,14D,15D. The molecule has 1 aliphatic rings. The van der Waals surface area contributed by atoms with Gasteiger partial charge in [0.2, 0.25) is 0 Å². The van der Waals surface area contributed by atoms with E-state index in [4.69, 9.17) is 21.1 Å². The minimum Gasteiger partial charge on any atom is -0.460 e. The molecule has 1 aliphatic heterocycles. The van der Waals surface area contributed by atoms with Crippen LogP contribution < -0.4 is 5.32 Å². The highest BCUT2D eigenvalue weighted by Crippen LogP contribution is 2.43. The second-order valence-electron chi connectivity index (χ2n) is 13.8. The van der Waals surface area contributed by atoms with E-state index >= 15 is 0 Å². The van der Waals surface area contributed by atoms with Crippen molar-refractivity contribution in [3.63, 3.8) is 0 Å². The molecule has 1 saturated heterocycles. The summed E-state index contributed by atoms with van der Waals surface area (Å²) in [7, 11) is 0. The number of aromatic nitrogens is 1. The minimum absolute atomic E-state index is 0.0333. The van der Waals surface area contributed by atoms with Crippen molar-refractivity contribution in [2.45, 2.75) is 104 Å². The van der Waals surface area contributed by atoms with Gasteiger partial charge in [0.25, 0.3) is 5.91 Å². The molecule has 2 heterocycles. The van der Waals surface area contributed by atoms with Gasteiger partial charge in [-0.25, -0.2) is 4.39 Å². The van der Waals surface area contributed by atoms with Crippen LogP contribution in [0.1, 0.15) is 96.6 Å². The summed E-state index contributed by atoms with van der Waals surface area (Å²) in [6.45, 7) is 13.1. The molecular weight excluding hydrogens is 607 g/mol. The van der Waals surface area contributed by atoms with Crippen LogP contribution in [-0.2, 0) is 25.5 Å². The fourth-order valence-electron chi connectivity index (χ4n) is 6.30. The SMILES string of the molecule is [2H]c1c([2H])c([2H])c(-c2c(C(=O)Nc3ccccc3)c(C(C)C)n(CC[C@@H]3C[C@H](CC(=O)OC(C)(C)C)OC(C)(C)O3)c2-c2ccc(F)cc2)c([2H])c1[2H]. The number of benzene rings is 3. The van der Waals surface area contributed by atoms with Crippen molar-refractivity contribution in [3.05, 3.63) is 102 Å². The third-order valence-electron chi connectivity index (χ3n) is 7.89. The van der Waals surface area contributed by atoms with E-state index in [9.17, 15) is 14.0 Å². The third kappa shape index (κ3) is 8.60. The lowest BCUT2D eigenvalue weighted by Gasteiger charge is -2.41. The molecule has 0 saturated carbocycles. The summed E-state index contributed by atoms with van der Waals surface area (Å²) in [6, 6.07) is 11.9. The molecule has 1 aromatic heterocycles. The molecule has 1 fully saturated rings. The minimum atomic E-state index is -1.02. The van der Waals surface area contributed by atoms with Crippen molar-refractivity contribution in [1.82, 2.24) is 4.57 Å². The van der Waals surface area contributed by atoms with E-state index in [2.05, 4.69) is 5.32 Å². The summed E-state index contributed by atoms with van der Waals surface area (Å²) >= 11 is 0. The van der Waals surface area contributed by atoms with Crippen LogP contribution >= 0.6 is 0 Å². The molecule has 0 bridgehead atoms. The molecule has 1 N–H and O–H groups in total. The Hall–Kier alpha value is -4.27. The summed E-state index contributed by atoms with van der Waals surface area (Å²) < 4.78 is 77.7. The molecule has 3 aromatic carbocycles. The number of rotatable bonds is 10. The number of carbonyl (C=O) groups is 2. The zero-order chi connectivity index (χ0) is 39.0. The summed E-state index contributed by atoms with van der Waals surface area (Å²) in [5.41, 5.74) is 1.40. The van der Waals surface area contributed by atoms with Crippen molar-refractivity contribution in [2.75, 3.05) is 5.32 Å². The Morgan fingerprint density at radius 1 is 1.00 bits per heavy atom. The Balaban J connectivity index is 1.71. The zero-order valence-corrected chi connectivity index (χ0v) is 28.6. The smallest absolute Gasteiger partial charge is 0.308 e. The molecule has 0 spiro atoms.